The minimum absolute atomic E-state index is 0. The van der Waals surface area contributed by atoms with E-state index in [1.54, 1.807) is 0 Å². The van der Waals surface area contributed by atoms with E-state index >= 15 is 0 Å². The molecule has 112 valence electrons. The van der Waals surface area contributed by atoms with Gasteiger partial charge in [-0.05, 0) is 50.6 Å². The highest BCUT2D eigenvalue weighted by Crippen LogP contribution is 2.14. The lowest BCUT2D eigenvalue weighted by Gasteiger charge is -2.31. The zero-order valence-electron chi connectivity index (χ0n) is 12.1. The number of nitrogens with one attached hydrogen (secondary N) is 1. The van der Waals surface area contributed by atoms with Gasteiger partial charge in [0.1, 0.15) is 5.75 Å². The molecule has 0 saturated carbocycles. The van der Waals surface area contributed by atoms with Gasteiger partial charge in [0, 0.05) is 13.1 Å². The summed E-state index contributed by atoms with van der Waals surface area (Å²) in [6.07, 6.45) is 2.04. The Balaban J connectivity index is 0.00000200. The van der Waals surface area contributed by atoms with Gasteiger partial charge in [0.2, 0.25) is 0 Å². The molecule has 4 nitrogen and oxygen atoms in total. The molecular weight excluding hydrogens is 276 g/mol. The third-order valence-electron chi connectivity index (χ3n) is 3.60. The highest BCUT2D eigenvalue weighted by molar-refractivity contribution is 5.85. The number of benzene rings is 1. The molecule has 20 heavy (non-hydrogen) atoms. The Morgan fingerprint density at radius 3 is 2.75 bits per heavy atom. The number of hydrogen-bond acceptors (Lipinski definition) is 3. The van der Waals surface area contributed by atoms with Crippen LogP contribution in [0.3, 0.4) is 0 Å². The fraction of sp³-hybridized carbons (Fsp3) is 0.533. The SMILES string of the molecule is Cc1cccc(OCC(=O)N(C)C2CCNCC2)c1.Cl. The van der Waals surface area contributed by atoms with Crippen molar-refractivity contribution in [3.05, 3.63) is 29.8 Å². The maximum atomic E-state index is 12.1. The second-order valence-electron chi connectivity index (χ2n) is 5.09. The molecule has 2 rings (SSSR count). The lowest BCUT2D eigenvalue weighted by molar-refractivity contribution is -0.134. The standard InChI is InChI=1S/C15H22N2O2.ClH/c1-12-4-3-5-14(10-12)19-11-15(18)17(2)13-6-8-16-9-7-13;/h3-5,10,13,16H,6-9,11H2,1-2H3;1H. The van der Waals surface area contributed by atoms with Crippen LogP contribution in [-0.4, -0.2) is 43.6 Å². The van der Waals surface area contributed by atoms with E-state index in [1.165, 1.54) is 0 Å². The monoisotopic (exact) mass is 298 g/mol. The van der Waals surface area contributed by atoms with Crippen LogP contribution in [0.2, 0.25) is 0 Å². The van der Waals surface area contributed by atoms with Gasteiger partial charge in [-0.15, -0.1) is 12.4 Å². The Morgan fingerprint density at radius 1 is 1.40 bits per heavy atom. The molecule has 1 amide bonds. The Hall–Kier alpha value is -1.26. The van der Waals surface area contributed by atoms with E-state index in [9.17, 15) is 4.79 Å². The predicted octanol–water partition coefficient (Wildman–Crippen LogP) is 2.01. The molecule has 0 unspecified atom stereocenters. The van der Waals surface area contributed by atoms with Gasteiger partial charge in [-0.3, -0.25) is 4.79 Å². The molecule has 0 radical (unpaired) electrons. The molecule has 0 bridgehead atoms. The van der Waals surface area contributed by atoms with Crippen LogP contribution < -0.4 is 10.1 Å². The third-order valence-corrected chi connectivity index (χ3v) is 3.60. The number of aryl methyl sites for hydroxylation is 1. The van der Waals surface area contributed by atoms with Crippen LogP contribution in [0, 0.1) is 6.92 Å². The van der Waals surface area contributed by atoms with Crippen molar-refractivity contribution in [2.45, 2.75) is 25.8 Å². The number of halogens is 1. The van der Waals surface area contributed by atoms with Crippen LogP contribution in [0.15, 0.2) is 24.3 Å². The van der Waals surface area contributed by atoms with Gasteiger partial charge in [0.05, 0.1) is 0 Å². The van der Waals surface area contributed by atoms with Crippen LogP contribution in [-0.2, 0) is 4.79 Å². The zero-order valence-corrected chi connectivity index (χ0v) is 12.9. The number of carbonyl (C=O) groups excluding carboxylic acids is 1. The van der Waals surface area contributed by atoms with Crippen molar-refractivity contribution in [1.29, 1.82) is 0 Å². The molecule has 1 saturated heterocycles. The van der Waals surface area contributed by atoms with E-state index < -0.39 is 0 Å². The molecule has 1 aliphatic rings. The van der Waals surface area contributed by atoms with Gasteiger partial charge in [0.25, 0.3) is 5.91 Å². The van der Waals surface area contributed by atoms with E-state index in [0.29, 0.717) is 6.04 Å². The van der Waals surface area contributed by atoms with Crippen molar-refractivity contribution in [3.63, 3.8) is 0 Å². The van der Waals surface area contributed by atoms with Crippen LogP contribution in [0.4, 0.5) is 0 Å². The van der Waals surface area contributed by atoms with Gasteiger partial charge in [0.15, 0.2) is 6.61 Å². The predicted molar refractivity (Wildman–Crippen MR) is 82.6 cm³/mol. The van der Waals surface area contributed by atoms with Gasteiger partial charge < -0.3 is 15.0 Å². The van der Waals surface area contributed by atoms with Crippen molar-refractivity contribution < 1.29 is 9.53 Å². The molecule has 0 aliphatic carbocycles. The number of likely N-dealkylation sites (N-methyl/N-ethyl adjacent to an activating group) is 1. The summed E-state index contributed by atoms with van der Waals surface area (Å²) in [5, 5.41) is 3.30. The molecule has 1 heterocycles. The first kappa shape index (κ1) is 16.8. The Labute approximate surface area is 126 Å². The highest BCUT2D eigenvalue weighted by Gasteiger charge is 2.21. The molecule has 1 N–H and O–H groups in total. The van der Waals surface area contributed by atoms with E-state index in [2.05, 4.69) is 5.32 Å². The van der Waals surface area contributed by atoms with Crippen LogP contribution >= 0.6 is 12.4 Å². The van der Waals surface area contributed by atoms with Gasteiger partial charge in [-0.25, -0.2) is 0 Å². The summed E-state index contributed by atoms with van der Waals surface area (Å²) in [5.74, 6) is 0.806. The van der Waals surface area contributed by atoms with Crippen molar-refractivity contribution in [2.75, 3.05) is 26.7 Å². The van der Waals surface area contributed by atoms with Crippen LogP contribution in [0.1, 0.15) is 18.4 Å². The number of amides is 1. The number of rotatable bonds is 4. The molecule has 1 aromatic rings. The van der Waals surface area contributed by atoms with Crippen molar-refractivity contribution >= 4 is 18.3 Å². The smallest absolute Gasteiger partial charge is 0.260 e. The minimum atomic E-state index is 0. The molecule has 0 atom stereocenters. The number of hydrogen-bond donors (Lipinski definition) is 1. The van der Waals surface area contributed by atoms with Crippen LogP contribution in [0.5, 0.6) is 5.75 Å². The summed E-state index contributed by atoms with van der Waals surface area (Å²) in [7, 11) is 1.87. The zero-order chi connectivity index (χ0) is 13.7. The Bertz CT molecular complexity index is 434. The summed E-state index contributed by atoms with van der Waals surface area (Å²) in [4.78, 5) is 13.9. The fourth-order valence-electron chi connectivity index (χ4n) is 2.35. The topological polar surface area (TPSA) is 41.6 Å². The summed E-state index contributed by atoms with van der Waals surface area (Å²) in [5.41, 5.74) is 1.14. The average molecular weight is 299 g/mol. The molecule has 1 aromatic carbocycles. The number of piperidine rings is 1. The molecular formula is C15H23ClN2O2. The summed E-state index contributed by atoms with van der Waals surface area (Å²) >= 11 is 0. The first-order valence-corrected chi connectivity index (χ1v) is 6.82. The van der Waals surface area contributed by atoms with Gasteiger partial charge in [-0.2, -0.15) is 0 Å². The number of carbonyl (C=O) groups is 1. The van der Waals surface area contributed by atoms with Crippen molar-refractivity contribution in [1.82, 2.24) is 10.2 Å². The van der Waals surface area contributed by atoms with Crippen molar-refractivity contribution in [3.8, 4) is 5.75 Å². The molecule has 5 heteroatoms. The van der Waals surface area contributed by atoms with E-state index in [-0.39, 0.29) is 24.9 Å². The molecule has 0 spiro atoms. The molecule has 0 aromatic heterocycles. The molecule has 1 aliphatic heterocycles. The second kappa shape index (κ2) is 8.12. The van der Waals surface area contributed by atoms with E-state index in [1.807, 2.05) is 43.1 Å². The number of ether oxygens (including phenoxy) is 1. The Morgan fingerprint density at radius 2 is 2.10 bits per heavy atom. The summed E-state index contributed by atoms with van der Waals surface area (Å²) in [6, 6.07) is 8.11. The quantitative estimate of drug-likeness (QED) is 0.924. The second-order valence-corrected chi connectivity index (χ2v) is 5.09. The first-order valence-electron chi connectivity index (χ1n) is 6.82. The third kappa shape index (κ3) is 4.69. The van der Waals surface area contributed by atoms with E-state index in [0.717, 1.165) is 37.2 Å². The number of nitrogens with zero attached hydrogens (tertiary/aromatic N) is 1. The minimum Gasteiger partial charge on any atom is -0.484 e. The normalized spacial score (nSPS) is 15.3. The van der Waals surface area contributed by atoms with Gasteiger partial charge >= 0.3 is 0 Å². The van der Waals surface area contributed by atoms with E-state index in [4.69, 9.17) is 4.74 Å². The fourth-order valence-corrected chi connectivity index (χ4v) is 2.35. The maximum absolute atomic E-state index is 12.1. The van der Waals surface area contributed by atoms with Crippen LogP contribution in [0.25, 0.3) is 0 Å². The first-order chi connectivity index (χ1) is 9.16. The lowest BCUT2D eigenvalue weighted by Crippen LogP contribution is -2.45. The Kier molecular flexibility index (Phi) is 6.82. The highest BCUT2D eigenvalue weighted by atomic mass is 35.5. The largest absolute Gasteiger partial charge is 0.484 e. The average Bonchev–Trinajstić information content (AvgIpc) is 2.45. The lowest BCUT2D eigenvalue weighted by atomic mass is 10.1. The summed E-state index contributed by atoms with van der Waals surface area (Å²) in [6.45, 7) is 4.10. The van der Waals surface area contributed by atoms with Crippen molar-refractivity contribution in [2.24, 2.45) is 0 Å². The van der Waals surface area contributed by atoms with Gasteiger partial charge in [-0.1, -0.05) is 12.1 Å². The maximum Gasteiger partial charge on any atom is 0.260 e. The summed E-state index contributed by atoms with van der Waals surface area (Å²) < 4.78 is 5.55. The molecule has 1 fully saturated rings.